The van der Waals surface area contributed by atoms with Crippen LogP contribution in [0.25, 0.3) is 26.8 Å². The van der Waals surface area contributed by atoms with Gasteiger partial charge in [0.25, 0.3) is 17.6 Å². The van der Waals surface area contributed by atoms with Crippen LogP contribution in [0.15, 0.2) is 65.6 Å². The second kappa shape index (κ2) is 13.9. The van der Waals surface area contributed by atoms with E-state index in [-0.39, 0.29) is 49.3 Å². The van der Waals surface area contributed by atoms with Gasteiger partial charge in [0, 0.05) is 37.3 Å². The number of piperidine rings is 2. The minimum atomic E-state index is -3.04. The third-order valence-corrected chi connectivity index (χ3v) is 11.3. The number of para-hydroxylation sites is 1. The van der Waals surface area contributed by atoms with Crippen molar-refractivity contribution in [2.45, 2.75) is 68.9 Å². The van der Waals surface area contributed by atoms with Crippen molar-refractivity contribution in [1.82, 2.24) is 34.1 Å². The molecule has 2 aromatic carbocycles. The molecular weight excluding hydrogens is 696 g/mol. The van der Waals surface area contributed by atoms with Crippen LogP contribution < -0.4 is 16.3 Å². The largest absolute Gasteiger partial charge is 0.361 e. The number of aromatic nitrogens is 5. The van der Waals surface area contributed by atoms with Gasteiger partial charge in [-0.25, -0.2) is 13.6 Å². The zero-order valence-electron chi connectivity index (χ0n) is 29.7. The van der Waals surface area contributed by atoms with Crippen LogP contribution >= 0.6 is 0 Å². The molecule has 13 nitrogen and oxygen atoms in total. The Morgan fingerprint density at radius 3 is 2.59 bits per heavy atom. The summed E-state index contributed by atoms with van der Waals surface area (Å²) in [5.41, 5.74) is 2.30. The number of anilines is 1. The Hall–Kier alpha value is -5.75. The van der Waals surface area contributed by atoms with Crippen LogP contribution in [0.4, 0.5) is 20.3 Å². The lowest BCUT2D eigenvalue weighted by atomic mass is 9.83. The van der Waals surface area contributed by atoms with Gasteiger partial charge in [-0.05, 0) is 92.9 Å². The Balaban J connectivity index is 0.895. The summed E-state index contributed by atoms with van der Waals surface area (Å²) in [6.45, 7) is 7.84. The first-order chi connectivity index (χ1) is 26.0. The highest BCUT2D eigenvalue weighted by Gasteiger charge is 2.47. The van der Waals surface area contributed by atoms with E-state index < -0.39 is 41.3 Å². The van der Waals surface area contributed by atoms with Gasteiger partial charge < -0.3 is 10.2 Å². The third kappa shape index (κ3) is 6.55. The molecule has 54 heavy (non-hydrogen) atoms. The van der Waals surface area contributed by atoms with Gasteiger partial charge in [-0.1, -0.05) is 24.8 Å². The van der Waals surface area contributed by atoms with Gasteiger partial charge in [-0.15, -0.1) is 4.98 Å². The number of halogens is 2. The summed E-state index contributed by atoms with van der Waals surface area (Å²) in [4.78, 5) is 59.7. The van der Waals surface area contributed by atoms with Crippen LogP contribution in [-0.4, -0.2) is 72.1 Å². The van der Waals surface area contributed by atoms with E-state index in [1.54, 1.807) is 49.5 Å². The molecule has 3 aliphatic rings. The average Bonchev–Trinajstić information content (AvgIpc) is 3.69. The first-order valence-corrected chi connectivity index (χ1v) is 18.3. The number of aryl methyl sites for hydroxylation is 1. The molecule has 8 rings (SSSR count). The molecule has 3 aromatic heterocycles. The number of hydrogen-bond acceptors (Lipinski definition) is 7. The second-order valence-corrected chi connectivity index (χ2v) is 14.7. The number of amides is 3. The molecule has 278 valence electrons. The van der Waals surface area contributed by atoms with E-state index in [1.165, 1.54) is 9.13 Å². The number of pyridine rings is 1. The summed E-state index contributed by atoms with van der Waals surface area (Å²) in [6, 6.07) is 14.5. The molecule has 2 aliphatic heterocycles. The highest BCUT2D eigenvalue weighted by Crippen LogP contribution is 2.44. The van der Waals surface area contributed by atoms with E-state index in [0.29, 0.717) is 35.4 Å². The first kappa shape index (κ1) is 35.3. The van der Waals surface area contributed by atoms with Gasteiger partial charge in [-0.2, -0.15) is 5.10 Å². The number of benzene rings is 2. The SMILES string of the molecule is [C-]#[N+]c1cccc(C(=O)Nc2ccc3nn(C4CCC(CN5CCC(c6cccc7c6n(C)c(=O)n7C6CCC(=O)NC6=O)C(F)(F)C5)CC4)cc3c2)n1. The Kier molecular flexibility index (Phi) is 9.09. The molecule has 2 saturated heterocycles. The molecule has 3 fully saturated rings. The minimum absolute atomic E-state index is 0.0996. The number of carbonyl (C=O) groups is 3. The molecule has 2 atom stereocenters. The number of nitrogens with one attached hydrogen (secondary N) is 2. The number of nitrogens with zero attached hydrogens (tertiary/aromatic N) is 7. The fourth-order valence-corrected chi connectivity index (χ4v) is 8.60. The minimum Gasteiger partial charge on any atom is -0.361 e. The summed E-state index contributed by atoms with van der Waals surface area (Å²) in [6.07, 6.45) is 6.00. The van der Waals surface area contributed by atoms with Gasteiger partial charge in [0.05, 0.1) is 35.1 Å². The number of hydrogen-bond donors (Lipinski definition) is 2. The highest BCUT2D eigenvalue weighted by molar-refractivity contribution is 6.04. The summed E-state index contributed by atoms with van der Waals surface area (Å²) in [7, 11) is 1.54. The van der Waals surface area contributed by atoms with E-state index >= 15 is 8.78 Å². The van der Waals surface area contributed by atoms with Crippen molar-refractivity contribution in [2.75, 3.05) is 25.0 Å². The maximum absolute atomic E-state index is 16.1. The summed E-state index contributed by atoms with van der Waals surface area (Å²) >= 11 is 0. The number of fused-ring (bicyclic) bond motifs is 2. The number of imide groups is 1. The fourth-order valence-electron chi connectivity index (χ4n) is 8.60. The average molecular weight is 736 g/mol. The van der Waals surface area contributed by atoms with Crippen LogP contribution in [0.2, 0.25) is 0 Å². The Bertz CT molecular complexity index is 2400. The molecule has 0 spiro atoms. The predicted octanol–water partition coefficient (Wildman–Crippen LogP) is 5.72. The smallest absolute Gasteiger partial charge is 0.329 e. The van der Waals surface area contributed by atoms with Gasteiger partial charge in [-0.3, -0.25) is 38.4 Å². The second-order valence-electron chi connectivity index (χ2n) is 14.7. The molecule has 5 heterocycles. The van der Waals surface area contributed by atoms with Crippen molar-refractivity contribution in [1.29, 1.82) is 0 Å². The van der Waals surface area contributed by atoms with Crippen LogP contribution in [0.3, 0.4) is 0 Å². The normalized spacial score (nSPS) is 23.3. The third-order valence-electron chi connectivity index (χ3n) is 11.3. The zero-order valence-corrected chi connectivity index (χ0v) is 29.7. The lowest BCUT2D eigenvalue weighted by Crippen LogP contribution is -2.49. The number of carbonyl (C=O) groups excluding carboxylic acids is 3. The number of rotatable bonds is 7. The molecular formula is C39H39F2N9O4. The summed E-state index contributed by atoms with van der Waals surface area (Å²) < 4.78 is 36.9. The molecule has 1 saturated carbocycles. The lowest BCUT2D eigenvalue weighted by Gasteiger charge is -2.41. The molecule has 2 N–H and O–H groups in total. The molecule has 15 heteroatoms. The van der Waals surface area contributed by atoms with Crippen molar-refractivity contribution < 1.29 is 23.2 Å². The van der Waals surface area contributed by atoms with Gasteiger partial charge >= 0.3 is 5.69 Å². The molecule has 3 amide bonds. The molecule has 2 unspecified atom stereocenters. The molecule has 5 aromatic rings. The monoisotopic (exact) mass is 735 g/mol. The van der Waals surface area contributed by atoms with Crippen LogP contribution in [0, 0.1) is 12.5 Å². The van der Waals surface area contributed by atoms with E-state index in [0.717, 1.165) is 36.6 Å². The number of imidazole rings is 1. The highest BCUT2D eigenvalue weighted by atomic mass is 19.3. The van der Waals surface area contributed by atoms with Crippen molar-refractivity contribution >= 4 is 51.2 Å². The van der Waals surface area contributed by atoms with Crippen LogP contribution in [0.5, 0.6) is 0 Å². The number of alkyl halides is 2. The van der Waals surface area contributed by atoms with E-state index in [2.05, 4.69) is 20.5 Å². The van der Waals surface area contributed by atoms with Crippen molar-refractivity contribution in [3.05, 3.63) is 94.0 Å². The van der Waals surface area contributed by atoms with Gasteiger partial charge in [0.15, 0.2) is 0 Å². The van der Waals surface area contributed by atoms with E-state index in [1.807, 2.05) is 27.9 Å². The van der Waals surface area contributed by atoms with Gasteiger partial charge in [0.2, 0.25) is 17.5 Å². The Labute approximate surface area is 308 Å². The maximum atomic E-state index is 16.1. The fraction of sp³-hybridized carbons (Fsp3) is 0.410. The van der Waals surface area contributed by atoms with Gasteiger partial charge in [0.1, 0.15) is 6.04 Å². The topological polar surface area (TPSA) is 141 Å². The molecule has 1 aliphatic carbocycles. The quantitative estimate of drug-likeness (QED) is 0.161. The first-order valence-electron chi connectivity index (χ1n) is 18.3. The number of likely N-dealkylation sites (tertiary alicyclic amines) is 1. The molecule has 0 radical (unpaired) electrons. The maximum Gasteiger partial charge on any atom is 0.329 e. The van der Waals surface area contributed by atoms with Crippen molar-refractivity contribution in [3.63, 3.8) is 0 Å². The summed E-state index contributed by atoms with van der Waals surface area (Å²) in [5.74, 6) is -5.06. The Morgan fingerprint density at radius 2 is 1.83 bits per heavy atom. The van der Waals surface area contributed by atoms with Crippen molar-refractivity contribution in [3.8, 4) is 0 Å². The zero-order chi connectivity index (χ0) is 37.7. The summed E-state index contributed by atoms with van der Waals surface area (Å²) in [5, 5.41) is 10.8. The lowest BCUT2D eigenvalue weighted by molar-refractivity contribution is -0.135. The Morgan fingerprint density at radius 1 is 1.04 bits per heavy atom. The van der Waals surface area contributed by atoms with E-state index in [4.69, 9.17) is 11.7 Å². The van der Waals surface area contributed by atoms with E-state index in [9.17, 15) is 19.2 Å². The van der Waals surface area contributed by atoms with Crippen molar-refractivity contribution in [2.24, 2.45) is 13.0 Å². The predicted molar refractivity (Wildman–Crippen MR) is 197 cm³/mol. The standard InChI is InChI=1S/C39H39F2N9O4/c1-42-33-8-4-6-30(44-33)36(52)43-25-11-14-29-24(19-25)21-49(46-29)26-12-9-23(10-13-26)20-48-18-17-28(39(40,41)22-48)27-5-3-7-31-35(27)47(2)38(54)50(31)32-15-16-34(51)45-37(32)53/h3-8,11,14,19,21,23,26,28,32H,9-10,12-13,15-18,20,22H2,2H3,(H,43,52)(H,45,51,53). The molecule has 0 bridgehead atoms. The van der Waals surface area contributed by atoms with Crippen LogP contribution in [-0.2, 0) is 16.6 Å². The van der Waals surface area contributed by atoms with Crippen LogP contribution in [0.1, 0.15) is 79.0 Å².